The molecule has 0 saturated carbocycles. The highest BCUT2D eigenvalue weighted by atomic mass is 35.5. The van der Waals surface area contributed by atoms with Gasteiger partial charge in [0, 0.05) is 5.02 Å². The average molecular weight is 511 g/mol. The van der Waals surface area contributed by atoms with Gasteiger partial charge in [-0.25, -0.2) is 4.98 Å². The van der Waals surface area contributed by atoms with Gasteiger partial charge >= 0.3 is 0 Å². The van der Waals surface area contributed by atoms with Gasteiger partial charge in [-0.15, -0.1) is 0 Å². The molecular formula is C25H19ClN2O6S. The maximum absolute atomic E-state index is 13.5. The fourth-order valence-electron chi connectivity index (χ4n) is 4.05. The predicted octanol–water partition coefficient (Wildman–Crippen LogP) is 5.65. The van der Waals surface area contributed by atoms with Crippen molar-refractivity contribution in [3.8, 4) is 11.5 Å². The number of ketones is 1. The highest BCUT2D eigenvalue weighted by Gasteiger charge is 2.46. The van der Waals surface area contributed by atoms with E-state index < -0.39 is 23.5 Å². The third-order valence-electron chi connectivity index (χ3n) is 5.69. The number of aromatic nitrogens is 1. The molecule has 0 radical (unpaired) electrons. The Morgan fingerprint density at radius 2 is 1.89 bits per heavy atom. The van der Waals surface area contributed by atoms with Gasteiger partial charge in [0.25, 0.3) is 5.91 Å². The van der Waals surface area contributed by atoms with Gasteiger partial charge in [-0.05, 0) is 55.0 Å². The Kier molecular flexibility index (Phi) is 5.74. The van der Waals surface area contributed by atoms with Gasteiger partial charge < -0.3 is 19.0 Å². The lowest BCUT2D eigenvalue weighted by Crippen LogP contribution is -2.31. The Labute approximate surface area is 209 Å². The van der Waals surface area contributed by atoms with E-state index in [0.29, 0.717) is 38.5 Å². The van der Waals surface area contributed by atoms with E-state index in [0.717, 1.165) is 4.70 Å². The minimum absolute atomic E-state index is 0.0141. The standard InChI is InChI=1S/C25H19ClN2O6S/c1-12-4-8-17(34-12)22(29)20-21(13-5-9-16(32-2)18(10-13)33-3)28(24(31)23(20)30)25-27-15-7-6-14(26)11-19(15)35-25/h4-11,21,30H,1-3H3. The number of carbonyl (C=O) groups is 2. The van der Waals surface area contributed by atoms with Crippen LogP contribution in [-0.4, -0.2) is 36.0 Å². The molecule has 1 N–H and O–H groups in total. The van der Waals surface area contributed by atoms with Gasteiger partial charge in [0.1, 0.15) is 5.76 Å². The number of furan rings is 1. The maximum atomic E-state index is 13.5. The van der Waals surface area contributed by atoms with Crippen LogP contribution in [0.1, 0.15) is 27.9 Å². The Morgan fingerprint density at radius 1 is 1.11 bits per heavy atom. The monoisotopic (exact) mass is 510 g/mol. The van der Waals surface area contributed by atoms with Crippen LogP contribution in [0.5, 0.6) is 11.5 Å². The molecule has 1 atom stereocenters. The second-order valence-electron chi connectivity index (χ2n) is 7.80. The first-order valence-corrected chi connectivity index (χ1v) is 11.7. The van der Waals surface area contributed by atoms with Gasteiger partial charge in [-0.3, -0.25) is 14.5 Å². The van der Waals surface area contributed by atoms with Crippen LogP contribution in [0.25, 0.3) is 10.2 Å². The van der Waals surface area contributed by atoms with E-state index in [9.17, 15) is 14.7 Å². The van der Waals surface area contributed by atoms with Crippen molar-refractivity contribution >= 4 is 50.0 Å². The highest BCUT2D eigenvalue weighted by molar-refractivity contribution is 7.22. The molecule has 1 amide bonds. The Balaban J connectivity index is 1.70. The van der Waals surface area contributed by atoms with E-state index in [4.69, 9.17) is 25.5 Å². The first-order chi connectivity index (χ1) is 16.8. The van der Waals surface area contributed by atoms with Crippen molar-refractivity contribution in [2.24, 2.45) is 0 Å². The van der Waals surface area contributed by atoms with Crippen molar-refractivity contribution in [1.82, 2.24) is 4.98 Å². The number of anilines is 1. The molecule has 5 rings (SSSR count). The third-order valence-corrected chi connectivity index (χ3v) is 6.94. The molecule has 1 aliphatic rings. The van der Waals surface area contributed by atoms with Gasteiger partial charge in [0.05, 0.1) is 36.1 Å². The zero-order valence-electron chi connectivity index (χ0n) is 18.9. The Hall–Kier alpha value is -3.82. The number of methoxy groups -OCH3 is 2. The van der Waals surface area contributed by atoms with E-state index in [1.54, 1.807) is 49.4 Å². The second-order valence-corrected chi connectivity index (χ2v) is 9.25. The van der Waals surface area contributed by atoms with Crippen molar-refractivity contribution in [2.75, 3.05) is 19.1 Å². The lowest BCUT2D eigenvalue weighted by Gasteiger charge is -2.25. The minimum atomic E-state index is -0.990. The number of aliphatic hydroxyl groups excluding tert-OH is 1. The zero-order chi connectivity index (χ0) is 24.9. The third kappa shape index (κ3) is 3.82. The number of ether oxygens (including phenoxy) is 2. The number of hydrogen-bond acceptors (Lipinski definition) is 8. The van der Waals surface area contributed by atoms with Gasteiger partial charge in [-0.1, -0.05) is 29.0 Å². The topological polar surface area (TPSA) is 102 Å². The Bertz CT molecular complexity index is 1520. The molecular weight excluding hydrogens is 492 g/mol. The quantitative estimate of drug-likeness (QED) is 0.334. The lowest BCUT2D eigenvalue weighted by molar-refractivity contribution is -0.117. The van der Waals surface area contributed by atoms with Crippen LogP contribution in [0, 0.1) is 6.92 Å². The SMILES string of the molecule is COc1ccc(C2C(C(=O)c3ccc(C)o3)=C(O)C(=O)N2c2nc3ccc(Cl)cc3s2)cc1OC. The summed E-state index contributed by atoms with van der Waals surface area (Å²) in [5.41, 5.74) is 1.03. The molecule has 178 valence electrons. The number of hydrogen-bond donors (Lipinski definition) is 1. The number of halogens is 1. The van der Waals surface area contributed by atoms with E-state index in [1.165, 1.54) is 36.5 Å². The molecule has 0 bridgehead atoms. The van der Waals surface area contributed by atoms with Crippen LogP contribution in [0.2, 0.25) is 5.02 Å². The first kappa shape index (κ1) is 22.9. The minimum Gasteiger partial charge on any atom is -0.503 e. The molecule has 1 unspecified atom stereocenters. The summed E-state index contributed by atoms with van der Waals surface area (Å²) in [6.45, 7) is 1.70. The molecule has 0 saturated heterocycles. The number of rotatable bonds is 6. The van der Waals surface area contributed by atoms with Crippen molar-refractivity contribution in [3.05, 3.63) is 82.0 Å². The molecule has 0 fully saturated rings. The van der Waals surface area contributed by atoms with Crippen molar-refractivity contribution < 1.29 is 28.6 Å². The molecule has 2 aromatic heterocycles. The number of Topliss-reactive ketones (excluding diaryl/α,β-unsaturated/α-hetero) is 1. The molecule has 10 heteroatoms. The Morgan fingerprint density at radius 3 is 2.57 bits per heavy atom. The number of carbonyl (C=O) groups excluding carboxylic acids is 2. The number of aliphatic hydroxyl groups is 1. The number of benzene rings is 2. The van der Waals surface area contributed by atoms with Crippen LogP contribution < -0.4 is 14.4 Å². The van der Waals surface area contributed by atoms with Crippen molar-refractivity contribution in [1.29, 1.82) is 0 Å². The van der Waals surface area contributed by atoms with Crippen molar-refractivity contribution in [2.45, 2.75) is 13.0 Å². The largest absolute Gasteiger partial charge is 0.503 e. The summed E-state index contributed by atoms with van der Waals surface area (Å²) in [6.07, 6.45) is 0. The lowest BCUT2D eigenvalue weighted by atomic mass is 9.95. The first-order valence-electron chi connectivity index (χ1n) is 10.5. The van der Waals surface area contributed by atoms with Crippen LogP contribution in [-0.2, 0) is 4.79 Å². The van der Waals surface area contributed by atoms with Crippen molar-refractivity contribution in [3.63, 3.8) is 0 Å². The van der Waals surface area contributed by atoms with Crippen LogP contribution in [0.4, 0.5) is 5.13 Å². The smallest absolute Gasteiger partial charge is 0.296 e. The normalized spacial score (nSPS) is 15.8. The van der Waals surface area contributed by atoms with Crippen LogP contribution >= 0.6 is 22.9 Å². The average Bonchev–Trinajstić information content (AvgIpc) is 3.54. The van der Waals surface area contributed by atoms with Crippen LogP contribution in [0.15, 0.2) is 64.3 Å². The fourth-order valence-corrected chi connectivity index (χ4v) is 5.32. The summed E-state index contributed by atoms with van der Waals surface area (Å²) in [6, 6.07) is 12.4. The van der Waals surface area contributed by atoms with E-state index in [1.807, 2.05) is 0 Å². The van der Waals surface area contributed by atoms with E-state index in [2.05, 4.69) is 4.98 Å². The summed E-state index contributed by atoms with van der Waals surface area (Å²) in [7, 11) is 3.00. The van der Waals surface area contributed by atoms with E-state index in [-0.39, 0.29) is 11.3 Å². The van der Waals surface area contributed by atoms with Gasteiger partial charge in [-0.2, -0.15) is 0 Å². The summed E-state index contributed by atoms with van der Waals surface area (Å²) >= 11 is 7.36. The molecule has 0 aliphatic carbocycles. The summed E-state index contributed by atoms with van der Waals surface area (Å²) in [5, 5.41) is 11.8. The predicted molar refractivity (Wildman–Crippen MR) is 132 cm³/mol. The van der Waals surface area contributed by atoms with E-state index >= 15 is 0 Å². The molecule has 4 aromatic rings. The number of nitrogens with zero attached hydrogens (tertiary/aromatic N) is 2. The number of thiazole rings is 1. The van der Waals surface area contributed by atoms with Gasteiger partial charge in [0.15, 0.2) is 28.1 Å². The molecule has 0 spiro atoms. The van der Waals surface area contributed by atoms with Gasteiger partial charge in [0.2, 0.25) is 5.78 Å². The number of amides is 1. The highest BCUT2D eigenvalue weighted by Crippen LogP contribution is 2.46. The molecule has 8 nitrogen and oxygen atoms in total. The number of fused-ring (bicyclic) bond motifs is 1. The van der Waals surface area contributed by atoms with Crippen LogP contribution in [0.3, 0.4) is 0 Å². The molecule has 35 heavy (non-hydrogen) atoms. The summed E-state index contributed by atoms with van der Waals surface area (Å²) < 4.78 is 17.0. The number of aryl methyl sites for hydroxylation is 1. The zero-order valence-corrected chi connectivity index (χ0v) is 20.4. The molecule has 2 aromatic carbocycles. The second kappa shape index (κ2) is 8.75. The summed E-state index contributed by atoms with van der Waals surface area (Å²) in [4.78, 5) is 32.8. The summed E-state index contributed by atoms with van der Waals surface area (Å²) in [5.74, 6) is -0.594. The molecule has 1 aliphatic heterocycles. The molecule has 3 heterocycles. The maximum Gasteiger partial charge on any atom is 0.296 e. The fraction of sp³-hybridized carbons (Fsp3) is 0.160.